The summed E-state index contributed by atoms with van der Waals surface area (Å²) in [6.45, 7) is 1.33. The van der Waals surface area contributed by atoms with E-state index in [1.807, 2.05) is 0 Å². The Morgan fingerprint density at radius 3 is 2.46 bits per heavy atom. The molecule has 2 aromatic rings. The molecule has 0 aromatic heterocycles. The van der Waals surface area contributed by atoms with Gasteiger partial charge in [-0.15, -0.1) is 0 Å². The van der Waals surface area contributed by atoms with Crippen LogP contribution in [-0.4, -0.2) is 18.4 Å². The lowest BCUT2D eigenvalue weighted by Crippen LogP contribution is -2.15. The zero-order valence-electron chi connectivity index (χ0n) is 13.1. The monoisotopic (exact) mass is 394 g/mol. The second-order valence-electron chi connectivity index (χ2n) is 4.99. The van der Waals surface area contributed by atoms with Crippen molar-refractivity contribution in [3.8, 4) is 5.75 Å². The van der Waals surface area contributed by atoms with Gasteiger partial charge in [-0.1, -0.05) is 28.9 Å². The quantitative estimate of drug-likeness (QED) is 0.518. The molecule has 0 N–H and O–H groups in total. The van der Waals surface area contributed by atoms with E-state index in [1.54, 1.807) is 37.3 Å². The number of rotatable bonds is 7. The van der Waals surface area contributed by atoms with Crippen LogP contribution in [0.5, 0.6) is 5.75 Å². The van der Waals surface area contributed by atoms with Crippen molar-refractivity contribution in [3.63, 3.8) is 0 Å². The fourth-order valence-corrected chi connectivity index (χ4v) is 2.26. The maximum absolute atomic E-state index is 13.6. The van der Waals surface area contributed by atoms with Crippen molar-refractivity contribution in [1.82, 2.24) is 0 Å². The first kappa shape index (κ1) is 18.1. The van der Waals surface area contributed by atoms with Crippen molar-refractivity contribution in [2.24, 2.45) is 0 Å². The highest BCUT2D eigenvalue weighted by molar-refractivity contribution is 9.10. The van der Waals surface area contributed by atoms with Gasteiger partial charge in [-0.25, -0.2) is 9.18 Å². The van der Waals surface area contributed by atoms with E-state index in [9.17, 15) is 14.0 Å². The van der Waals surface area contributed by atoms with Crippen LogP contribution in [0.3, 0.4) is 0 Å². The van der Waals surface area contributed by atoms with Crippen LogP contribution in [0, 0.1) is 5.82 Å². The standard InChI is InChI=1S/C18H16BrFO4/c1-2-17(21)12-4-7-15(8-5-12)23-11-18(22)24-10-13-3-6-14(19)9-16(13)20/h3-9H,2,10-11H2,1H3. The van der Waals surface area contributed by atoms with Crippen molar-refractivity contribution in [1.29, 1.82) is 0 Å². The summed E-state index contributed by atoms with van der Waals surface area (Å²) >= 11 is 3.16. The highest BCUT2D eigenvalue weighted by atomic mass is 79.9. The molecule has 0 spiro atoms. The Bertz CT molecular complexity index is 728. The average molecular weight is 395 g/mol. The number of hydrogen-bond donors (Lipinski definition) is 0. The molecule has 0 bridgehead atoms. The molecule has 0 atom stereocenters. The molecule has 4 nitrogen and oxygen atoms in total. The molecule has 24 heavy (non-hydrogen) atoms. The largest absolute Gasteiger partial charge is 0.482 e. The Morgan fingerprint density at radius 2 is 1.83 bits per heavy atom. The van der Waals surface area contributed by atoms with E-state index in [1.165, 1.54) is 12.1 Å². The van der Waals surface area contributed by atoms with Crippen LogP contribution in [0.15, 0.2) is 46.9 Å². The molecule has 2 rings (SSSR count). The molecule has 0 saturated carbocycles. The number of hydrogen-bond acceptors (Lipinski definition) is 4. The van der Waals surface area contributed by atoms with Gasteiger partial charge in [0.2, 0.25) is 0 Å². The van der Waals surface area contributed by atoms with Gasteiger partial charge in [0.25, 0.3) is 0 Å². The van der Waals surface area contributed by atoms with Crippen molar-refractivity contribution >= 4 is 27.7 Å². The highest BCUT2D eigenvalue weighted by Crippen LogP contribution is 2.16. The normalized spacial score (nSPS) is 10.3. The molecule has 0 saturated heterocycles. The molecule has 0 amide bonds. The van der Waals surface area contributed by atoms with Gasteiger partial charge in [0.05, 0.1) is 0 Å². The number of esters is 1. The number of halogens is 2. The number of carbonyl (C=O) groups excluding carboxylic acids is 2. The number of ketones is 1. The van der Waals surface area contributed by atoms with Gasteiger partial charge < -0.3 is 9.47 Å². The van der Waals surface area contributed by atoms with Gasteiger partial charge in [-0.2, -0.15) is 0 Å². The third-order valence-corrected chi connectivity index (χ3v) is 3.75. The molecule has 0 heterocycles. The van der Waals surface area contributed by atoms with Crippen LogP contribution in [0.25, 0.3) is 0 Å². The fraction of sp³-hybridized carbons (Fsp3) is 0.222. The number of benzene rings is 2. The summed E-state index contributed by atoms with van der Waals surface area (Å²) in [6.07, 6.45) is 0.430. The Morgan fingerprint density at radius 1 is 1.12 bits per heavy atom. The van der Waals surface area contributed by atoms with Crippen LogP contribution in [0.4, 0.5) is 4.39 Å². The van der Waals surface area contributed by atoms with Crippen LogP contribution in [-0.2, 0) is 16.1 Å². The first-order valence-corrected chi connectivity index (χ1v) is 8.14. The molecule has 6 heteroatoms. The van der Waals surface area contributed by atoms with E-state index >= 15 is 0 Å². The number of Topliss-reactive ketones (excluding diaryl/α,β-unsaturated/α-hetero) is 1. The second-order valence-corrected chi connectivity index (χ2v) is 5.90. The van der Waals surface area contributed by atoms with E-state index in [-0.39, 0.29) is 24.6 Å². The van der Waals surface area contributed by atoms with E-state index in [0.29, 0.717) is 22.2 Å². The predicted molar refractivity (Wildman–Crippen MR) is 90.5 cm³/mol. The molecule has 0 radical (unpaired) electrons. The van der Waals surface area contributed by atoms with Crippen molar-refractivity contribution in [2.45, 2.75) is 20.0 Å². The van der Waals surface area contributed by atoms with E-state index in [4.69, 9.17) is 9.47 Å². The van der Waals surface area contributed by atoms with Crippen molar-refractivity contribution in [3.05, 3.63) is 63.9 Å². The number of ether oxygens (including phenoxy) is 2. The maximum Gasteiger partial charge on any atom is 0.344 e. The third kappa shape index (κ3) is 5.16. The molecule has 126 valence electrons. The van der Waals surface area contributed by atoms with Crippen LogP contribution in [0.2, 0.25) is 0 Å². The van der Waals surface area contributed by atoms with Gasteiger partial charge >= 0.3 is 5.97 Å². The molecule has 0 fully saturated rings. The minimum absolute atomic E-state index is 0.0393. The first-order valence-electron chi connectivity index (χ1n) is 7.35. The fourth-order valence-electron chi connectivity index (χ4n) is 1.92. The average Bonchev–Trinajstić information content (AvgIpc) is 2.59. The Kier molecular flexibility index (Phi) is 6.49. The molecule has 2 aromatic carbocycles. The molecular weight excluding hydrogens is 379 g/mol. The van der Waals surface area contributed by atoms with Gasteiger partial charge in [0.15, 0.2) is 12.4 Å². The minimum atomic E-state index is -0.606. The summed E-state index contributed by atoms with van der Waals surface area (Å²) in [5.41, 5.74) is 0.882. The first-order chi connectivity index (χ1) is 11.5. The molecule has 0 aliphatic rings. The Balaban J connectivity index is 1.81. The second kappa shape index (κ2) is 8.59. The summed E-state index contributed by atoms with van der Waals surface area (Å²) in [5, 5.41) is 0. The summed E-state index contributed by atoms with van der Waals surface area (Å²) in [6, 6.07) is 11.0. The van der Waals surface area contributed by atoms with Gasteiger partial charge in [0, 0.05) is 22.0 Å². The lowest BCUT2D eigenvalue weighted by molar-refractivity contribution is -0.147. The zero-order valence-corrected chi connectivity index (χ0v) is 14.6. The number of carbonyl (C=O) groups is 2. The summed E-state index contributed by atoms with van der Waals surface area (Å²) in [5.74, 6) is -0.563. The highest BCUT2D eigenvalue weighted by Gasteiger charge is 2.09. The topological polar surface area (TPSA) is 52.6 Å². The summed E-state index contributed by atoms with van der Waals surface area (Å²) < 4.78 is 24.5. The molecule has 0 aliphatic carbocycles. The predicted octanol–water partition coefficient (Wildman–Crippen LogP) is 4.30. The molecule has 0 unspecified atom stereocenters. The van der Waals surface area contributed by atoms with Gasteiger partial charge in [0.1, 0.15) is 18.2 Å². The smallest absolute Gasteiger partial charge is 0.344 e. The van der Waals surface area contributed by atoms with Crippen molar-refractivity contribution < 1.29 is 23.5 Å². The van der Waals surface area contributed by atoms with Gasteiger partial charge in [-0.05, 0) is 36.4 Å². The summed E-state index contributed by atoms with van der Waals surface area (Å²) in [4.78, 5) is 23.2. The SMILES string of the molecule is CCC(=O)c1ccc(OCC(=O)OCc2ccc(Br)cc2F)cc1. The Hall–Kier alpha value is -2.21. The lowest BCUT2D eigenvalue weighted by Gasteiger charge is -2.08. The van der Waals surface area contributed by atoms with Crippen LogP contribution in [0.1, 0.15) is 29.3 Å². The minimum Gasteiger partial charge on any atom is -0.482 e. The third-order valence-electron chi connectivity index (χ3n) is 3.26. The Labute approximate surface area is 147 Å². The maximum atomic E-state index is 13.6. The van der Waals surface area contributed by atoms with Crippen molar-refractivity contribution in [2.75, 3.05) is 6.61 Å². The molecular formula is C18H16BrFO4. The van der Waals surface area contributed by atoms with E-state index in [0.717, 1.165) is 0 Å². The molecule has 0 aliphatic heterocycles. The zero-order chi connectivity index (χ0) is 17.5. The van der Waals surface area contributed by atoms with E-state index in [2.05, 4.69) is 15.9 Å². The van der Waals surface area contributed by atoms with Gasteiger partial charge in [-0.3, -0.25) is 4.79 Å². The van der Waals surface area contributed by atoms with Crippen LogP contribution >= 0.6 is 15.9 Å². The lowest BCUT2D eigenvalue weighted by atomic mass is 10.1. The summed E-state index contributed by atoms with van der Waals surface area (Å²) in [7, 11) is 0. The van der Waals surface area contributed by atoms with Crippen LogP contribution < -0.4 is 4.74 Å². The van der Waals surface area contributed by atoms with E-state index < -0.39 is 11.8 Å².